The number of ether oxygens (including phenoxy) is 2. The molecule has 8 nitrogen and oxygen atoms in total. The van der Waals surface area contributed by atoms with Crippen LogP contribution in [-0.2, 0) is 23.4 Å². The molecule has 4 aromatic carbocycles. The van der Waals surface area contributed by atoms with Crippen molar-refractivity contribution in [3.8, 4) is 11.5 Å². The fourth-order valence-corrected chi connectivity index (χ4v) is 6.53. The van der Waals surface area contributed by atoms with E-state index >= 15 is 13.2 Å². The maximum atomic E-state index is 15.0. The Kier molecular flexibility index (Phi) is 9.05. The molecule has 2 N–H and O–H groups in total. The van der Waals surface area contributed by atoms with Crippen molar-refractivity contribution in [1.82, 2.24) is 9.47 Å². The fraction of sp³-hybridized carbons (Fsp3) is 0.297. The summed E-state index contributed by atoms with van der Waals surface area (Å²) in [5.41, 5.74) is -1.27. The number of benzene rings is 4. The van der Waals surface area contributed by atoms with Gasteiger partial charge in [-0.15, -0.1) is 0 Å². The van der Waals surface area contributed by atoms with Crippen molar-refractivity contribution in [3.05, 3.63) is 113 Å². The second-order valence-electron chi connectivity index (χ2n) is 12.1. The number of nitrogens with zero attached hydrogens (tertiary/aromatic N) is 3. The molecular formula is C37H34F3N3O5. The average molecular weight is 658 g/mol. The molecule has 0 aliphatic carbocycles. The van der Waals surface area contributed by atoms with E-state index in [1.165, 1.54) is 25.4 Å². The summed E-state index contributed by atoms with van der Waals surface area (Å²) in [6, 6.07) is 23.0. The van der Waals surface area contributed by atoms with Crippen LogP contribution in [0.5, 0.6) is 11.5 Å². The Morgan fingerprint density at radius 1 is 0.979 bits per heavy atom. The maximum Gasteiger partial charge on any atom is 0.422 e. The van der Waals surface area contributed by atoms with Crippen LogP contribution >= 0.6 is 0 Å². The van der Waals surface area contributed by atoms with E-state index < -0.39 is 24.3 Å². The molecule has 5 aromatic rings. The number of methoxy groups -OCH3 is 1. The lowest BCUT2D eigenvalue weighted by atomic mass is 9.91. The highest BCUT2D eigenvalue weighted by Gasteiger charge is 2.57. The molecule has 0 amide bonds. The number of likely N-dealkylation sites (tertiary alicyclic amines) is 1. The summed E-state index contributed by atoms with van der Waals surface area (Å²) in [6.45, 7) is 7.57. The van der Waals surface area contributed by atoms with Crippen molar-refractivity contribution < 1.29 is 37.7 Å². The molecule has 1 aliphatic heterocycles. The van der Waals surface area contributed by atoms with E-state index in [1.807, 2.05) is 42.5 Å². The first-order chi connectivity index (χ1) is 23.0. The molecule has 11 heteroatoms. The molecule has 0 saturated carbocycles. The van der Waals surface area contributed by atoms with Crippen molar-refractivity contribution in [2.24, 2.45) is 0 Å². The molecule has 0 spiro atoms. The predicted molar refractivity (Wildman–Crippen MR) is 176 cm³/mol. The Morgan fingerprint density at radius 3 is 2.44 bits per heavy atom. The van der Waals surface area contributed by atoms with E-state index in [2.05, 4.69) is 4.85 Å². The summed E-state index contributed by atoms with van der Waals surface area (Å²) < 4.78 is 58.2. The Hall–Kier alpha value is -5.05. The Balaban J connectivity index is 1.26. The number of piperidine rings is 1. The van der Waals surface area contributed by atoms with Gasteiger partial charge in [0.1, 0.15) is 6.10 Å². The summed E-state index contributed by atoms with van der Waals surface area (Å²) in [5, 5.41) is 23.0. The molecule has 1 unspecified atom stereocenters. The van der Waals surface area contributed by atoms with Crippen LogP contribution in [0.1, 0.15) is 29.5 Å². The molecule has 1 aromatic heterocycles. The number of aliphatic carboxylic acids is 1. The number of aliphatic hydroxyl groups is 1. The van der Waals surface area contributed by atoms with Gasteiger partial charge in [-0.2, -0.15) is 13.2 Å². The average Bonchev–Trinajstić information content (AvgIpc) is 3.43. The summed E-state index contributed by atoms with van der Waals surface area (Å²) in [5.74, 6) is -0.169. The van der Waals surface area contributed by atoms with Gasteiger partial charge < -0.3 is 24.3 Å². The molecule has 6 rings (SSSR count). The third kappa shape index (κ3) is 6.54. The molecule has 248 valence electrons. The van der Waals surface area contributed by atoms with E-state index in [0.717, 1.165) is 16.3 Å². The number of carboxylic acids is 1. The first kappa shape index (κ1) is 32.9. The van der Waals surface area contributed by atoms with E-state index in [4.69, 9.17) is 21.2 Å². The van der Waals surface area contributed by atoms with Gasteiger partial charge >= 0.3 is 12.1 Å². The minimum atomic E-state index is -5.00. The highest BCUT2D eigenvalue weighted by Crippen LogP contribution is 2.44. The minimum Gasteiger partial charge on any atom is -0.493 e. The Morgan fingerprint density at radius 2 is 1.73 bits per heavy atom. The minimum absolute atomic E-state index is 0.167. The van der Waals surface area contributed by atoms with Crippen LogP contribution in [0.4, 0.5) is 18.9 Å². The molecule has 1 atom stereocenters. The van der Waals surface area contributed by atoms with Crippen LogP contribution in [0.25, 0.3) is 26.5 Å². The summed E-state index contributed by atoms with van der Waals surface area (Å²) in [6.07, 6.45) is -3.28. The van der Waals surface area contributed by atoms with Crippen molar-refractivity contribution >= 4 is 33.3 Å². The van der Waals surface area contributed by atoms with Crippen LogP contribution < -0.4 is 9.47 Å². The number of alkyl halides is 3. The van der Waals surface area contributed by atoms with Gasteiger partial charge in [0.25, 0.3) is 0 Å². The second-order valence-corrected chi connectivity index (χ2v) is 12.1. The van der Waals surface area contributed by atoms with Gasteiger partial charge in [-0.3, -0.25) is 9.69 Å². The number of β-amino-alcohol motifs (C(OH)–C–C–N with tert-alkyl or cyclic N) is 1. The maximum absolute atomic E-state index is 15.0. The molecule has 0 radical (unpaired) electrons. The fourth-order valence-electron chi connectivity index (χ4n) is 6.53. The zero-order valence-corrected chi connectivity index (χ0v) is 26.2. The molecule has 1 saturated heterocycles. The highest BCUT2D eigenvalue weighted by molar-refractivity contribution is 5.89. The van der Waals surface area contributed by atoms with Gasteiger partial charge in [0, 0.05) is 48.8 Å². The first-order valence-corrected chi connectivity index (χ1v) is 15.5. The zero-order chi connectivity index (χ0) is 34.1. The van der Waals surface area contributed by atoms with Gasteiger partial charge in [-0.25, -0.2) is 4.85 Å². The standard InChI is InChI=1S/C37H34F3N3O5/c1-41-27-11-12-30-31(22-43(32(30)20-27)21-26-8-5-7-25-6-3-4-9-29(25)26)36(46,37(38,39)40)23-42-16-14-28(15-17-42)48-33-13-10-24(19-35(44)45)18-34(33)47-2/h3-13,18,20,22,28,46H,14-17,19,21,23H2,2H3,(H,44,45). The molecule has 2 heterocycles. The van der Waals surface area contributed by atoms with E-state index in [1.54, 1.807) is 33.7 Å². The third-order valence-electron chi connectivity index (χ3n) is 8.99. The van der Waals surface area contributed by atoms with Crippen LogP contribution in [0.3, 0.4) is 0 Å². The lowest BCUT2D eigenvalue weighted by Crippen LogP contribution is -2.53. The van der Waals surface area contributed by atoms with Gasteiger partial charge in [-0.05, 0) is 52.9 Å². The van der Waals surface area contributed by atoms with E-state index in [-0.39, 0.29) is 48.8 Å². The summed E-state index contributed by atoms with van der Waals surface area (Å²) in [7, 11) is 1.45. The van der Waals surface area contributed by atoms with Crippen molar-refractivity contribution in [3.63, 3.8) is 0 Å². The van der Waals surface area contributed by atoms with Crippen LogP contribution in [0, 0.1) is 6.57 Å². The SMILES string of the molecule is [C-]#[N+]c1ccc2c(C(O)(CN3CCC(Oc4ccc(CC(=O)O)cc4OC)CC3)C(F)(F)F)cn(Cc3cccc4ccccc34)c2c1. The van der Waals surface area contributed by atoms with Gasteiger partial charge in [-0.1, -0.05) is 60.7 Å². The number of carboxylic acid groups (broad SMARTS) is 1. The number of halogens is 3. The molecule has 0 bridgehead atoms. The van der Waals surface area contributed by atoms with Crippen LogP contribution in [0.15, 0.2) is 85.1 Å². The monoisotopic (exact) mass is 657 g/mol. The summed E-state index contributed by atoms with van der Waals surface area (Å²) in [4.78, 5) is 16.2. The number of hydrogen-bond acceptors (Lipinski definition) is 5. The number of rotatable bonds is 10. The van der Waals surface area contributed by atoms with Gasteiger partial charge in [0.2, 0.25) is 5.60 Å². The zero-order valence-electron chi connectivity index (χ0n) is 26.2. The van der Waals surface area contributed by atoms with Crippen LogP contribution in [0.2, 0.25) is 0 Å². The number of fused-ring (bicyclic) bond motifs is 2. The highest BCUT2D eigenvalue weighted by atomic mass is 19.4. The van der Waals surface area contributed by atoms with Crippen molar-refractivity contribution in [2.75, 3.05) is 26.7 Å². The normalized spacial score (nSPS) is 15.7. The molecular weight excluding hydrogens is 623 g/mol. The molecule has 1 aliphatic rings. The third-order valence-corrected chi connectivity index (χ3v) is 8.99. The molecule has 1 fully saturated rings. The topological polar surface area (TPSA) is 88.5 Å². The van der Waals surface area contributed by atoms with Gasteiger partial charge in [0.05, 0.1) is 20.1 Å². The smallest absolute Gasteiger partial charge is 0.422 e. The van der Waals surface area contributed by atoms with Crippen molar-refractivity contribution in [1.29, 1.82) is 0 Å². The van der Waals surface area contributed by atoms with E-state index in [0.29, 0.717) is 35.4 Å². The first-order valence-electron chi connectivity index (χ1n) is 15.5. The largest absolute Gasteiger partial charge is 0.493 e. The lowest BCUT2D eigenvalue weighted by molar-refractivity contribution is -0.272. The number of carbonyl (C=O) groups is 1. The Bertz CT molecular complexity index is 2000. The van der Waals surface area contributed by atoms with Crippen molar-refractivity contribution in [2.45, 2.75) is 43.7 Å². The quantitative estimate of drug-likeness (QED) is 0.153. The summed E-state index contributed by atoms with van der Waals surface area (Å²) >= 11 is 0. The van der Waals surface area contributed by atoms with Gasteiger partial charge in [0.15, 0.2) is 17.2 Å². The van der Waals surface area contributed by atoms with Crippen LogP contribution in [-0.4, -0.2) is 64.7 Å². The predicted octanol–water partition coefficient (Wildman–Crippen LogP) is 7.32. The Labute approximate surface area is 275 Å². The number of hydrogen-bond donors (Lipinski definition) is 2. The second kappa shape index (κ2) is 13.2. The number of aromatic nitrogens is 1. The van der Waals surface area contributed by atoms with E-state index in [9.17, 15) is 9.90 Å². The lowest BCUT2D eigenvalue weighted by Gasteiger charge is -2.39. The molecule has 48 heavy (non-hydrogen) atoms.